The molecule has 20 heavy (non-hydrogen) atoms. The number of hydrogen-bond acceptors (Lipinski definition) is 3. The maximum Gasteiger partial charge on any atom is 0.0496 e. The van der Waals surface area contributed by atoms with Gasteiger partial charge in [-0.15, -0.1) is 11.3 Å². The standard InChI is InChI=1S/C17H24N2S/c1-13-7-4-5-9-16(13)17(14(2)18)19(3)11-10-15-8-6-12-20-15/h4-9,12,14,17H,10-11,18H2,1-3H3. The summed E-state index contributed by atoms with van der Waals surface area (Å²) in [5, 5.41) is 2.14. The second-order valence-electron chi connectivity index (χ2n) is 5.47. The molecule has 2 atom stereocenters. The van der Waals surface area contributed by atoms with Crippen molar-refractivity contribution in [2.24, 2.45) is 5.73 Å². The zero-order valence-electron chi connectivity index (χ0n) is 12.5. The Morgan fingerprint density at radius 1 is 1.20 bits per heavy atom. The van der Waals surface area contributed by atoms with Crippen molar-refractivity contribution in [2.75, 3.05) is 13.6 Å². The molecular formula is C17H24N2S. The van der Waals surface area contributed by atoms with Crippen LogP contribution in [0.25, 0.3) is 0 Å². The van der Waals surface area contributed by atoms with E-state index in [0.717, 1.165) is 13.0 Å². The maximum absolute atomic E-state index is 6.25. The number of likely N-dealkylation sites (N-methyl/N-ethyl adjacent to an activating group) is 1. The molecule has 1 heterocycles. The van der Waals surface area contributed by atoms with E-state index in [4.69, 9.17) is 5.73 Å². The lowest BCUT2D eigenvalue weighted by atomic mass is 9.95. The number of hydrogen-bond donors (Lipinski definition) is 1. The second-order valence-corrected chi connectivity index (χ2v) is 6.50. The molecule has 2 rings (SSSR count). The summed E-state index contributed by atoms with van der Waals surface area (Å²) in [7, 11) is 2.17. The molecule has 0 amide bonds. The van der Waals surface area contributed by atoms with Crippen LogP contribution < -0.4 is 5.73 Å². The van der Waals surface area contributed by atoms with E-state index < -0.39 is 0 Å². The van der Waals surface area contributed by atoms with Crippen molar-refractivity contribution >= 4 is 11.3 Å². The molecule has 2 N–H and O–H groups in total. The first-order valence-electron chi connectivity index (χ1n) is 7.13. The van der Waals surface area contributed by atoms with Gasteiger partial charge in [0.05, 0.1) is 0 Å². The van der Waals surface area contributed by atoms with E-state index in [0.29, 0.717) is 0 Å². The van der Waals surface area contributed by atoms with Crippen molar-refractivity contribution in [3.63, 3.8) is 0 Å². The molecular weight excluding hydrogens is 264 g/mol. The molecule has 0 bridgehead atoms. The molecule has 3 heteroatoms. The summed E-state index contributed by atoms with van der Waals surface area (Å²) in [5.74, 6) is 0. The Morgan fingerprint density at radius 2 is 1.95 bits per heavy atom. The van der Waals surface area contributed by atoms with E-state index in [9.17, 15) is 0 Å². The molecule has 0 spiro atoms. The zero-order valence-corrected chi connectivity index (χ0v) is 13.4. The van der Waals surface area contributed by atoms with Crippen LogP contribution in [-0.2, 0) is 6.42 Å². The average Bonchev–Trinajstić information content (AvgIpc) is 2.92. The highest BCUT2D eigenvalue weighted by Gasteiger charge is 2.22. The molecule has 2 nitrogen and oxygen atoms in total. The summed E-state index contributed by atoms with van der Waals surface area (Å²) in [6.07, 6.45) is 1.09. The smallest absolute Gasteiger partial charge is 0.0496 e. The van der Waals surface area contributed by atoms with Crippen LogP contribution in [0, 0.1) is 6.92 Å². The highest BCUT2D eigenvalue weighted by Crippen LogP contribution is 2.25. The fraction of sp³-hybridized carbons (Fsp3) is 0.412. The minimum absolute atomic E-state index is 0.115. The van der Waals surface area contributed by atoms with E-state index in [1.807, 2.05) is 11.3 Å². The van der Waals surface area contributed by atoms with Crippen LogP contribution in [0.3, 0.4) is 0 Å². The molecule has 2 unspecified atom stereocenters. The lowest BCUT2D eigenvalue weighted by Gasteiger charge is -2.32. The highest BCUT2D eigenvalue weighted by atomic mass is 32.1. The molecule has 0 fully saturated rings. The Morgan fingerprint density at radius 3 is 2.55 bits per heavy atom. The molecule has 0 aliphatic heterocycles. The van der Waals surface area contributed by atoms with Gasteiger partial charge in [-0.2, -0.15) is 0 Å². The van der Waals surface area contributed by atoms with E-state index in [1.165, 1.54) is 16.0 Å². The molecule has 0 aliphatic rings. The SMILES string of the molecule is Cc1ccccc1C(C(C)N)N(C)CCc1cccs1. The van der Waals surface area contributed by atoms with Crippen molar-refractivity contribution in [3.8, 4) is 0 Å². The zero-order chi connectivity index (χ0) is 14.5. The van der Waals surface area contributed by atoms with Crippen molar-refractivity contribution in [1.29, 1.82) is 0 Å². The largest absolute Gasteiger partial charge is 0.326 e. The van der Waals surface area contributed by atoms with Gasteiger partial charge < -0.3 is 5.73 Å². The summed E-state index contributed by atoms with van der Waals surface area (Å²) >= 11 is 1.83. The van der Waals surface area contributed by atoms with Gasteiger partial charge >= 0.3 is 0 Å². The minimum atomic E-state index is 0.115. The third-order valence-corrected chi connectivity index (χ3v) is 4.71. The van der Waals surface area contributed by atoms with Crippen LogP contribution in [0.1, 0.15) is 29.0 Å². The first-order valence-corrected chi connectivity index (χ1v) is 8.01. The van der Waals surface area contributed by atoms with E-state index in [1.54, 1.807) is 0 Å². The van der Waals surface area contributed by atoms with Crippen LogP contribution in [-0.4, -0.2) is 24.5 Å². The van der Waals surface area contributed by atoms with Gasteiger partial charge in [0.1, 0.15) is 0 Å². The summed E-state index contributed by atoms with van der Waals surface area (Å²) in [4.78, 5) is 3.82. The van der Waals surface area contributed by atoms with Crippen LogP contribution in [0.2, 0.25) is 0 Å². The maximum atomic E-state index is 6.25. The van der Waals surface area contributed by atoms with Crippen LogP contribution in [0.15, 0.2) is 41.8 Å². The molecule has 0 radical (unpaired) electrons. The molecule has 0 aliphatic carbocycles. The van der Waals surface area contributed by atoms with E-state index in [-0.39, 0.29) is 12.1 Å². The Hall–Kier alpha value is -1.16. The Bertz CT molecular complexity index is 520. The van der Waals surface area contributed by atoms with E-state index in [2.05, 4.69) is 67.6 Å². The van der Waals surface area contributed by atoms with Crippen molar-refractivity contribution in [3.05, 3.63) is 57.8 Å². The lowest BCUT2D eigenvalue weighted by Crippen LogP contribution is -2.38. The van der Waals surface area contributed by atoms with Crippen molar-refractivity contribution in [1.82, 2.24) is 4.90 Å². The summed E-state index contributed by atoms with van der Waals surface area (Å²) in [5.41, 5.74) is 8.91. The number of nitrogens with zero attached hydrogens (tertiary/aromatic N) is 1. The Kier molecular flexibility index (Phi) is 5.35. The molecule has 108 valence electrons. The van der Waals surface area contributed by atoms with Crippen LogP contribution in [0.5, 0.6) is 0 Å². The van der Waals surface area contributed by atoms with Gasteiger partial charge in [-0.25, -0.2) is 0 Å². The number of rotatable bonds is 6. The molecule has 2 aromatic rings. The number of benzene rings is 1. The predicted octanol–water partition coefficient (Wildman–Crippen LogP) is 3.62. The first kappa shape index (κ1) is 15.2. The van der Waals surface area contributed by atoms with Gasteiger partial charge in [-0.3, -0.25) is 4.90 Å². The van der Waals surface area contributed by atoms with Gasteiger partial charge in [0, 0.05) is 23.5 Å². The fourth-order valence-corrected chi connectivity index (χ4v) is 3.42. The molecule has 1 aromatic heterocycles. The Balaban J connectivity index is 2.10. The normalized spacial score (nSPS) is 14.4. The number of thiophene rings is 1. The highest BCUT2D eigenvalue weighted by molar-refractivity contribution is 7.09. The lowest BCUT2D eigenvalue weighted by molar-refractivity contribution is 0.221. The van der Waals surface area contributed by atoms with Crippen molar-refractivity contribution < 1.29 is 0 Å². The minimum Gasteiger partial charge on any atom is -0.326 e. The third kappa shape index (κ3) is 3.69. The molecule has 1 aromatic carbocycles. The van der Waals surface area contributed by atoms with Gasteiger partial charge in [0.2, 0.25) is 0 Å². The van der Waals surface area contributed by atoms with Gasteiger partial charge in [-0.05, 0) is 49.9 Å². The van der Waals surface area contributed by atoms with E-state index >= 15 is 0 Å². The van der Waals surface area contributed by atoms with Crippen LogP contribution in [0.4, 0.5) is 0 Å². The second kappa shape index (κ2) is 7.02. The van der Waals surface area contributed by atoms with Gasteiger partial charge in [0.15, 0.2) is 0 Å². The average molecular weight is 288 g/mol. The summed E-state index contributed by atoms with van der Waals surface area (Å²) in [6, 6.07) is 13.3. The third-order valence-electron chi connectivity index (χ3n) is 3.77. The molecule has 0 saturated heterocycles. The van der Waals surface area contributed by atoms with Crippen LogP contribution >= 0.6 is 11.3 Å². The number of nitrogens with two attached hydrogens (primary N) is 1. The monoisotopic (exact) mass is 288 g/mol. The summed E-state index contributed by atoms with van der Waals surface area (Å²) < 4.78 is 0. The summed E-state index contributed by atoms with van der Waals surface area (Å²) in [6.45, 7) is 5.29. The number of aryl methyl sites for hydroxylation is 1. The quantitative estimate of drug-likeness (QED) is 0.879. The van der Waals surface area contributed by atoms with Crippen molar-refractivity contribution in [2.45, 2.75) is 32.4 Å². The first-order chi connectivity index (χ1) is 9.59. The Labute approximate surface area is 126 Å². The molecule has 0 saturated carbocycles. The van der Waals surface area contributed by atoms with Gasteiger partial charge in [-0.1, -0.05) is 30.3 Å². The predicted molar refractivity (Wildman–Crippen MR) is 88.2 cm³/mol. The fourth-order valence-electron chi connectivity index (χ4n) is 2.72. The topological polar surface area (TPSA) is 29.3 Å². The van der Waals surface area contributed by atoms with Gasteiger partial charge in [0.25, 0.3) is 0 Å².